The van der Waals surface area contributed by atoms with Crippen LogP contribution >= 0.6 is 0 Å². The largest absolute Gasteiger partial charge is 0.400 e. The van der Waals surface area contributed by atoms with Crippen LogP contribution in [0, 0.1) is 5.92 Å². The second kappa shape index (κ2) is 4.17. The van der Waals surface area contributed by atoms with E-state index in [4.69, 9.17) is 5.11 Å². The van der Waals surface area contributed by atoms with Gasteiger partial charge in [0.1, 0.15) is 0 Å². The SMILES string of the molecule is OCCCC(C(F)(F)F)C(F)(F)F. The lowest BCUT2D eigenvalue weighted by Gasteiger charge is -2.22. The molecule has 0 fully saturated rings. The van der Waals surface area contributed by atoms with Gasteiger partial charge < -0.3 is 5.11 Å². The van der Waals surface area contributed by atoms with Crippen molar-refractivity contribution in [3.05, 3.63) is 0 Å². The Morgan fingerprint density at radius 3 is 1.54 bits per heavy atom. The van der Waals surface area contributed by atoms with Gasteiger partial charge in [-0.3, -0.25) is 0 Å². The molecule has 0 heterocycles. The van der Waals surface area contributed by atoms with Crippen molar-refractivity contribution in [2.75, 3.05) is 6.61 Å². The van der Waals surface area contributed by atoms with Gasteiger partial charge in [0.2, 0.25) is 0 Å². The van der Waals surface area contributed by atoms with E-state index in [1.807, 2.05) is 0 Å². The van der Waals surface area contributed by atoms with Crippen LogP contribution in [-0.4, -0.2) is 24.1 Å². The van der Waals surface area contributed by atoms with Crippen LogP contribution in [0.4, 0.5) is 26.3 Å². The fraction of sp³-hybridized carbons (Fsp3) is 1.00. The summed E-state index contributed by atoms with van der Waals surface area (Å²) < 4.78 is 70.4. The van der Waals surface area contributed by atoms with Crippen LogP contribution < -0.4 is 0 Å². The summed E-state index contributed by atoms with van der Waals surface area (Å²) in [5.41, 5.74) is 0. The molecule has 0 spiro atoms. The summed E-state index contributed by atoms with van der Waals surface area (Å²) in [5.74, 6) is -3.33. The third-order valence-corrected chi connectivity index (χ3v) is 1.44. The topological polar surface area (TPSA) is 20.2 Å². The molecule has 80 valence electrons. The van der Waals surface area contributed by atoms with E-state index in [0.717, 1.165) is 0 Å². The molecule has 0 rings (SSSR count). The number of alkyl halides is 6. The second-order valence-corrected chi connectivity index (χ2v) is 2.50. The molecule has 0 aromatic rings. The molecular weight excluding hydrogens is 202 g/mol. The maximum atomic E-state index is 11.7. The second-order valence-electron chi connectivity index (χ2n) is 2.50. The standard InChI is InChI=1S/C6H8F6O/c7-5(8,9)4(2-1-3-13)6(10,11)12/h4,13H,1-3H2. The highest BCUT2D eigenvalue weighted by Gasteiger charge is 2.55. The van der Waals surface area contributed by atoms with Crippen molar-refractivity contribution in [1.82, 2.24) is 0 Å². The summed E-state index contributed by atoms with van der Waals surface area (Å²) in [6.07, 6.45) is -12.2. The maximum Gasteiger partial charge on any atom is 0.400 e. The number of hydrogen-bond donors (Lipinski definition) is 1. The van der Waals surface area contributed by atoms with Gasteiger partial charge in [0, 0.05) is 6.61 Å². The van der Waals surface area contributed by atoms with Gasteiger partial charge in [-0.25, -0.2) is 0 Å². The van der Waals surface area contributed by atoms with Gasteiger partial charge in [-0.2, -0.15) is 26.3 Å². The Balaban J connectivity index is 4.39. The molecule has 1 N–H and O–H groups in total. The van der Waals surface area contributed by atoms with Crippen molar-refractivity contribution < 1.29 is 31.4 Å². The highest BCUT2D eigenvalue weighted by molar-refractivity contribution is 4.74. The summed E-state index contributed by atoms with van der Waals surface area (Å²) in [5, 5.41) is 8.11. The molecule has 0 radical (unpaired) electrons. The van der Waals surface area contributed by atoms with E-state index in [9.17, 15) is 26.3 Å². The molecule has 7 heteroatoms. The predicted molar refractivity (Wildman–Crippen MR) is 31.9 cm³/mol. The van der Waals surface area contributed by atoms with Crippen molar-refractivity contribution in [1.29, 1.82) is 0 Å². The van der Waals surface area contributed by atoms with Gasteiger partial charge in [0.25, 0.3) is 0 Å². The molecule has 0 bridgehead atoms. The van der Waals surface area contributed by atoms with Gasteiger partial charge >= 0.3 is 12.4 Å². The average Bonchev–Trinajstić information content (AvgIpc) is 1.81. The summed E-state index contributed by atoms with van der Waals surface area (Å²) in [6, 6.07) is 0. The van der Waals surface area contributed by atoms with Gasteiger partial charge in [-0.1, -0.05) is 0 Å². The van der Waals surface area contributed by atoms with Crippen molar-refractivity contribution in [3.8, 4) is 0 Å². The van der Waals surface area contributed by atoms with E-state index in [0.29, 0.717) is 0 Å². The molecule has 0 saturated heterocycles. The number of halogens is 6. The Kier molecular flexibility index (Phi) is 4.02. The molecule has 0 aliphatic heterocycles. The summed E-state index contributed by atoms with van der Waals surface area (Å²) >= 11 is 0. The molecule has 0 aromatic carbocycles. The molecule has 0 amide bonds. The van der Waals surface area contributed by atoms with Crippen molar-refractivity contribution >= 4 is 0 Å². The van der Waals surface area contributed by atoms with E-state index in [2.05, 4.69) is 0 Å². The first-order chi connectivity index (χ1) is 5.69. The zero-order valence-corrected chi connectivity index (χ0v) is 6.41. The lowest BCUT2D eigenvalue weighted by molar-refractivity contribution is -0.286. The van der Waals surface area contributed by atoms with Crippen LogP contribution in [0.3, 0.4) is 0 Å². The number of hydrogen-bond acceptors (Lipinski definition) is 1. The highest BCUT2D eigenvalue weighted by atomic mass is 19.4. The molecule has 0 unspecified atom stereocenters. The predicted octanol–water partition coefficient (Wildman–Crippen LogP) is 2.50. The lowest BCUT2D eigenvalue weighted by Crippen LogP contribution is -2.36. The average molecular weight is 210 g/mol. The summed E-state index contributed by atoms with van der Waals surface area (Å²) in [6.45, 7) is -0.678. The third kappa shape index (κ3) is 4.35. The van der Waals surface area contributed by atoms with Gasteiger partial charge in [-0.05, 0) is 12.8 Å². The Bertz CT molecular complexity index is 134. The zero-order valence-electron chi connectivity index (χ0n) is 6.41. The first kappa shape index (κ1) is 12.5. The van der Waals surface area contributed by atoms with Crippen LogP contribution in [0.15, 0.2) is 0 Å². The van der Waals surface area contributed by atoms with Crippen molar-refractivity contribution in [2.24, 2.45) is 5.92 Å². The van der Waals surface area contributed by atoms with E-state index >= 15 is 0 Å². The molecule has 0 aliphatic carbocycles. The van der Waals surface area contributed by atoms with Crippen LogP contribution in [-0.2, 0) is 0 Å². The lowest BCUT2D eigenvalue weighted by atomic mass is 10.0. The molecule has 0 aliphatic rings. The number of rotatable bonds is 3. The summed E-state index contributed by atoms with van der Waals surface area (Å²) in [7, 11) is 0. The van der Waals surface area contributed by atoms with Crippen LogP contribution in [0.25, 0.3) is 0 Å². The third-order valence-electron chi connectivity index (χ3n) is 1.44. The van der Waals surface area contributed by atoms with Gasteiger partial charge in [-0.15, -0.1) is 0 Å². The minimum absolute atomic E-state index is 0.510. The first-order valence-electron chi connectivity index (χ1n) is 3.44. The molecule has 0 aromatic heterocycles. The van der Waals surface area contributed by atoms with E-state index in [1.54, 1.807) is 0 Å². The smallest absolute Gasteiger partial charge is 0.396 e. The molecule has 0 atom stereocenters. The van der Waals surface area contributed by atoms with Crippen molar-refractivity contribution in [3.63, 3.8) is 0 Å². The fourth-order valence-corrected chi connectivity index (χ4v) is 0.808. The van der Waals surface area contributed by atoms with E-state index in [1.165, 1.54) is 0 Å². The molecule has 1 nitrogen and oxygen atoms in total. The van der Waals surface area contributed by atoms with Crippen LogP contribution in [0.1, 0.15) is 12.8 Å². The normalized spacial score (nSPS) is 13.8. The minimum atomic E-state index is -5.28. The van der Waals surface area contributed by atoms with Crippen LogP contribution in [0.2, 0.25) is 0 Å². The Morgan fingerprint density at radius 1 is 0.923 bits per heavy atom. The Labute approximate surface area is 70.4 Å². The quantitative estimate of drug-likeness (QED) is 0.709. The fourth-order valence-electron chi connectivity index (χ4n) is 0.808. The van der Waals surface area contributed by atoms with Gasteiger partial charge in [0.15, 0.2) is 5.92 Å². The first-order valence-corrected chi connectivity index (χ1v) is 3.44. The van der Waals surface area contributed by atoms with E-state index < -0.39 is 37.7 Å². The number of aliphatic hydroxyl groups is 1. The number of aliphatic hydroxyl groups excluding tert-OH is 1. The molecule has 13 heavy (non-hydrogen) atoms. The van der Waals surface area contributed by atoms with E-state index in [-0.39, 0.29) is 0 Å². The highest BCUT2D eigenvalue weighted by Crippen LogP contribution is 2.41. The Hall–Kier alpha value is -0.460. The minimum Gasteiger partial charge on any atom is -0.396 e. The molecular formula is C6H8F6O. The van der Waals surface area contributed by atoms with Crippen molar-refractivity contribution in [2.45, 2.75) is 25.2 Å². The monoisotopic (exact) mass is 210 g/mol. The zero-order chi connectivity index (χ0) is 10.7. The van der Waals surface area contributed by atoms with Gasteiger partial charge in [0.05, 0.1) is 0 Å². The molecule has 0 saturated carbocycles. The maximum absolute atomic E-state index is 11.7. The Morgan fingerprint density at radius 2 is 1.31 bits per heavy atom. The summed E-state index contributed by atoms with van der Waals surface area (Å²) in [4.78, 5) is 0. The van der Waals surface area contributed by atoms with Crippen LogP contribution in [0.5, 0.6) is 0 Å².